The summed E-state index contributed by atoms with van der Waals surface area (Å²) in [5.41, 5.74) is 0.746. The molecule has 25 heavy (non-hydrogen) atoms. The van der Waals surface area contributed by atoms with Crippen LogP contribution in [-0.4, -0.2) is 30.1 Å². The lowest BCUT2D eigenvalue weighted by Gasteiger charge is -2.09. The number of aromatic hydroxyl groups is 1. The molecule has 2 aromatic rings. The molecule has 5 nitrogen and oxygen atoms in total. The molecule has 2 rings (SSSR count). The van der Waals surface area contributed by atoms with Crippen molar-refractivity contribution in [2.45, 2.75) is 12.8 Å². The molecule has 0 heterocycles. The van der Waals surface area contributed by atoms with Gasteiger partial charge >= 0.3 is 5.97 Å². The summed E-state index contributed by atoms with van der Waals surface area (Å²) in [6, 6.07) is 13.4. The number of benzene rings is 2. The zero-order valence-electron chi connectivity index (χ0n) is 13.8. The summed E-state index contributed by atoms with van der Waals surface area (Å²) in [4.78, 5) is 23.2. The van der Waals surface area contributed by atoms with E-state index in [9.17, 15) is 14.7 Å². The Bertz CT molecular complexity index is 737. The molecule has 0 aliphatic rings. The minimum atomic E-state index is -0.440. The molecule has 0 aromatic heterocycles. The standard InChI is InChI=1S/C20H20O5/c1-2-19(22)25-13-7-6-12-24-16-10-11-17(18(21)14-16)20(23)15-8-4-3-5-9-15/h2-5,8-11,14,21H,1,6-7,12-13H2. The van der Waals surface area contributed by atoms with E-state index in [1.54, 1.807) is 36.4 Å². The molecule has 0 atom stereocenters. The van der Waals surface area contributed by atoms with Crippen LogP contribution in [0.1, 0.15) is 28.8 Å². The van der Waals surface area contributed by atoms with Crippen molar-refractivity contribution in [1.82, 2.24) is 0 Å². The van der Waals surface area contributed by atoms with Gasteiger partial charge in [0.05, 0.1) is 18.8 Å². The Morgan fingerprint density at radius 2 is 1.76 bits per heavy atom. The van der Waals surface area contributed by atoms with Gasteiger partial charge in [0.15, 0.2) is 5.78 Å². The maximum absolute atomic E-state index is 12.3. The molecule has 0 bridgehead atoms. The topological polar surface area (TPSA) is 72.8 Å². The second-order valence-electron chi connectivity index (χ2n) is 5.30. The van der Waals surface area contributed by atoms with Crippen molar-refractivity contribution < 1.29 is 24.2 Å². The van der Waals surface area contributed by atoms with Crippen LogP contribution in [0, 0.1) is 0 Å². The van der Waals surface area contributed by atoms with E-state index in [0.717, 1.165) is 6.08 Å². The maximum Gasteiger partial charge on any atom is 0.330 e. The minimum Gasteiger partial charge on any atom is -0.507 e. The van der Waals surface area contributed by atoms with Crippen LogP contribution in [-0.2, 0) is 9.53 Å². The quantitative estimate of drug-likeness (QED) is 0.327. The SMILES string of the molecule is C=CC(=O)OCCCCOc1ccc(C(=O)c2ccccc2)c(O)c1. The molecular formula is C20H20O5. The molecule has 130 valence electrons. The summed E-state index contributed by atoms with van der Waals surface area (Å²) in [7, 11) is 0. The van der Waals surface area contributed by atoms with E-state index >= 15 is 0 Å². The average Bonchev–Trinajstić information content (AvgIpc) is 2.64. The number of phenols is 1. The molecule has 0 radical (unpaired) electrons. The summed E-state index contributed by atoms with van der Waals surface area (Å²) in [5, 5.41) is 10.1. The highest BCUT2D eigenvalue weighted by Crippen LogP contribution is 2.26. The zero-order valence-corrected chi connectivity index (χ0v) is 13.8. The molecule has 0 spiro atoms. The minimum absolute atomic E-state index is 0.119. The highest BCUT2D eigenvalue weighted by molar-refractivity contribution is 6.10. The first-order chi connectivity index (χ1) is 12.1. The molecule has 0 amide bonds. The fourth-order valence-electron chi connectivity index (χ4n) is 2.16. The number of ether oxygens (including phenoxy) is 2. The largest absolute Gasteiger partial charge is 0.507 e. The van der Waals surface area contributed by atoms with Crippen LogP contribution >= 0.6 is 0 Å². The van der Waals surface area contributed by atoms with Crippen molar-refractivity contribution in [2.75, 3.05) is 13.2 Å². The number of hydrogen-bond donors (Lipinski definition) is 1. The number of carbonyl (C=O) groups excluding carboxylic acids is 2. The fraction of sp³-hybridized carbons (Fsp3) is 0.200. The van der Waals surface area contributed by atoms with Gasteiger partial charge in [-0.25, -0.2) is 4.79 Å². The molecule has 0 saturated carbocycles. The van der Waals surface area contributed by atoms with Gasteiger partial charge in [0.2, 0.25) is 0 Å². The zero-order chi connectivity index (χ0) is 18.1. The van der Waals surface area contributed by atoms with Crippen molar-refractivity contribution in [1.29, 1.82) is 0 Å². The second kappa shape index (κ2) is 9.27. The molecule has 5 heteroatoms. The van der Waals surface area contributed by atoms with Crippen molar-refractivity contribution >= 4 is 11.8 Å². The Balaban J connectivity index is 1.84. The first-order valence-corrected chi connectivity index (χ1v) is 7.96. The van der Waals surface area contributed by atoms with Crippen LogP contribution < -0.4 is 4.74 Å². The van der Waals surface area contributed by atoms with E-state index in [1.807, 2.05) is 6.07 Å². The van der Waals surface area contributed by atoms with Gasteiger partial charge in [-0.05, 0) is 25.0 Å². The molecule has 0 aliphatic heterocycles. The van der Waals surface area contributed by atoms with E-state index in [2.05, 4.69) is 6.58 Å². The molecule has 0 unspecified atom stereocenters. The van der Waals surface area contributed by atoms with Crippen molar-refractivity contribution in [3.63, 3.8) is 0 Å². The number of hydrogen-bond acceptors (Lipinski definition) is 5. The number of rotatable bonds is 9. The molecule has 1 N–H and O–H groups in total. The Kier molecular flexibility index (Phi) is 6.77. The molecule has 0 saturated heterocycles. The number of ketones is 1. The monoisotopic (exact) mass is 340 g/mol. The summed E-state index contributed by atoms with van der Waals surface area (Å²) < 4.78 is 10.4. The van der Waals surface area contributed by atoms with Crippen LogP contribution in [0.5, 0.6) is 11.5 Å². The third kappa shape index (κ3) is 5.49. The smallest absolute Gasteiger partial charge is 0.330 e. The van der Waals surface area contributed by atoms with Crippen LogP contribution in [0.2, 0.25) is 0 Å². The lowest BCUT2D eigenvalue weighted by molar-refractivity contribution is -0.137. The normalized spacial score (nSPS) is 10.1. The molecule has 0 fully saturated rings. The van der Waals surface area contributed by atoms with Gasteiger partial charge in [0, 0.05) is 17.7 Å². The Labute approximate surface area is 146 Å². The predicted octanol–water partition coefficient (Wildman–Crippen LogP) is 3.51. The van der Waals surface area contributed by atoms with Crippen molar-refractivity contribution in [3.05, 3.63) is 72.3 Å². The van der Waals surface area contributed by atoms with Crippen molar-refractivity contribution in [3.8, 4) is 11.5 Å². The first kappa shape index (κ1) is 18.3. The number of carbonyl (C=O) groups is 2. The van der Waals surface area contributed by atoms with Gasteiger partial charge in [-0.3, -0.25) is 4.79 Å². The molecular weight excluding hydrogens is 320 g/mol. The van der Waals surface area contributed by atoms with Gasteiger partial charge in [-0.2, -0.15) is 0 Å². The highest BCUT2D eigenvalue weighted by atomic mass is 16.5. The first-order valence-electron chi connectivity index (χ1n) is 7.96. The number of esters is 1. The number of unbranched alkanes of at least 4 members (excludes halogenated alkanes) is 1. The van der Waals surface area contributed by atoms with Gasteiger partial charge in [0.25, 0.3) is 0 Å². The lowest BCUT2D eigenvalue weighted by atomic mass is 10.0. The van der Waals surface area contributed by atoms with Gasteiger partial charge in [-0.15, -0.1) is 0 Å². The van der Waals surface area contributed by atoms with E-state index in [4.69, 9.17) is 9.47 Å². The van der Waals surface area contributed by atoms with Crippen LogP contribution in [0.4, 0.5) is 0 Å². The molecule has 2 aromatic carbocycles. The third-order valence-corrected chi connectivity index (χ3v) is 3.47. The third-order valence-electron chi connectivity index (χ3n) is 3.47. The summed E-state index contributed by atoms with van der Waals surface area (Å²) in [6.45, 7) is 4.04. The van der Waals surface area contributed by atoms with Gasteiger partial charge in [0.1, 0.15) is 11.5 Å². The fourth-order valence-corrected chi connectivity index (χ4v) is 2.16. The Morgan fingerprint density at radius 3 is 2.44 bits per heavy atom. The average molecular weight is 340 g/mol. The lowest BCUT2D eigenvalue weighted by Crippen LogP contribution is -2.05. The predicted molar refractivity (Wildman–Crippen MR) is 93.9 cm³/mol. The van der Waals surface area contributed by atoms with Crippen LogP contribution in [0.15, 0.2) is 61.2 Å². The van der Waals surface area contributed by atoms with E-state index in [-0.39, 0.29) is 17.1 Å². The summed E-state index contributed by atoms with van der Waals surface area (Å²) >= 11 is 0. The highest BCUT2D eigenvalue weighted by Gasteiger charge is 2.13. The van der Waals surface area contributed by atoms with Gasteiger partial charge in [-0.1, -0.05) is 36.9 Å². The Hall–Kier alpha value is -3.08. The summed E-state index contributed by atoms with van der Waals surface area (Å²) in [6.07, 6.45) is 2.48. The second-order valence-corrected chi connectivity index (χ2v) is 5.30. The summed E-state index contributed by atoms with van der Waals surface area (Å²) in [5.74, 6) is -0.324. The van der Waals surface area contributed by atoms with Gasteiger partial charge < -0.3 is 14.6 Å². The molecule has 0 aliphatic carbocycles. The van der Waals surface area contributed by atoms with Crippen molar-refractivity contribution in [2.24, 2.45) is 0 Å². The van der Waals surface area contributed by atoms with Crippen LogP contribution in [0.25, 0.3) is 0 Å². The Morgan fingerprint density at radius 1 is 1.04 bits per heavy atom. The maximum atomic E-state index is 12.3. The van der Waals surface area contributed by atoms with E-state index in [0.29, 0.717) is 37.4 Å². The van der Waals surface area contributed by atoms with E-state index < -0.39 is 5.97 Å². The number of phenolic OH excluding ortho intramolecular Hbond substituents is 1. The van der Waals surface area contributed by atoms with E-state index in [1.165, 1.54) is 6.07 Å². The van der Waals surface area contributed by atoms with Crippen LogP contribution in [0.3, 0.4) is 0 Å².